The second-order valence-corrected chi connectivity index (χ2v) is 16.4. The molecule has 0 spiro atoms. The van der Waals surface area contributed by atoms with Crippen LogP contribution in [0, 0.1) is 0 Å². The lowest BCUT2D eigenvalue weighted by Gasteiger charge is -2.34. The van der Waals surface area contributed by atoms with Crippen LogP contribution in [0.4, 0.5) is 17.1 Å². The summed E-state index contributed by atoms with van der Waals surface area (Å²) in [6, 6.07) is 90.1. The van der Waals surface area contributed by atoms with Gasteiger partial charge in [0.05, 0.1) is 16.8 Å². The summed E-state index contributed by atoms with van der Waals surface area (Å²) in [6.07, 6.45) is 0. The Morgan fingerprint density at radius 3 is 1.57 bits per heavy atom. The fourth-order valence-electron chi connectivity index (χ4n) is 10.1. The maximum absolute atomic E-state index is 6.73. The highest BCUT2D eigenvalue weighted by atomic mass is 16.3. The van der Waals surface area contributed by atoms with Gasteiger partial charge in [-0.05, 0) is 97.6 Å². The van der Waals surface area contributed by atoms with Crippen molar-refractivity contribution in [3.8, 4) is 44.5 Å². The summed E-state index contributed by atoms with van der Waals surface area (Å²) in [4.78, 5) is 2.37. The maximum Gasteiger partial charge on any atom is 0.159 e. The highest BCUT2D eigenvalue weighted by Gasteiger charge is 2.46. The second-order valence-electron chi connectivity index (χ2n) is 16.4. The van der Waals surface area contributed by atoms with E-state index in [1.165, 1.54) is 50.1 Å². The molecule has 0 radical (unpaired) electrons. The minimum Gasteiger partial charge on any atom is -0.454 e. The first kappa shape index (κ1) is 36.6. The first-order chi connectivity index (χ1) is 31.3. The van der Waals surface area contributed by atoms with Crippen molar-refractivity contribution in [2.24, 2.45) is 0 Å². The number of furan rings is 1. The van der Waals surface area contributed by atoms with E-state index in [1.807, 2.05) is 6.07 Å². The first-order valence-electron chi connectivity index (χ1n) is 21.7. The Morgan fingerprint density at radius 2 is 0.825 bits per heavy atom. The van der Waals surface area contributed by atoms with Crippen molar-refractivity contribution < 1.29 is 4.42 Å². The van der Waals surface area contributed by atoms with E-state index in [9.17, 15) is 0 Å². The van der Waals surface area contributed by atoms with Gasteiger partial charge in [-0.15, -0.1) is 0 Å². The van der Waals surface area contributed by atoms with Gasteiger partial charge in [-0.25, -0.2) is 0 Å². The van der Waals surface area contributed by atoms with E-state index in [0.29, 0.717) is 0 Å². The fraction of sp³-hybridized carbons (Fsp3) is 0.0164. The van der Waals surface area contributed by atoms with Crippen LogP contribution < -0.4 is 4.90 Å². The lowest BCUT2D eigenvalue weighted by Crippen LogP contribution is -2.28. The molecule has 1 aliphatic carbocycles. The van der Waals surface area contributed by atoms with Crippen molar-refractivity contribution in [2.75, 3.05) is 4.90 Å². The van der Waals surface area contributed by atoms with Crippen LogP contribution in [0.25, 0.3) is 66.4 Å². The Balaban J connectivity index is 1.01. The summed E-state index contributed by atoms with van der Waals surface area (Å²) in [5.74, 6) is 0. The van der Waals surface area contributed by atoms with Crippen LogP contribution in [0.3, 0.4) is 0 Å². The molecule has 0 atom stereocenters. The number of para-hydroxylation sites is 3. The van der Waals surface area contributed by atoms with Gasteiger partial charge in [0, 0.05) is 22.0 Å². The fourth-order valence-corrected chi connectivity index (χ4v) is 10.1. The number of hydrogen-bond acceptors (Lipinski definition) is 2. The molecule has 0 bridgehead atoms. The van der Waals surface area contributed by atoms with Crippen LogP contribution in [0.15, 0.2) is 253 Å². The van der Waals surface area contributed by atoms with E-state index in [0.717, 1.165) is 55.7 Å². The Hall–Kier alpha value is -8.20. The summed E-state index contributed by atoms with van der Waals surface area (Å²) < 4.78 is 6.73. The summed E-state index contributed by atoms with van der Waals surface area (Å²) in [6.45, 7) is 0. The molecule has 12 rings (SSSR count). The largest absolute Gasteiger partial charge is 0.454 e. The topological polar surface area (TPSA) is 16.4 Å². The molecule has 0 unspecified atom stereocenters. The zero-order valence-electron chi connectivity index (χ0n) is 34.5. The van der Waals surface area contributed by atoms with Gasteiger partial charge in [-0.3, -0.25) is 0 Å². The highest BCUT2D eigenvalue weighted by molar-refractivity contribution is 6.10. The normalized spacial score (nSPS) is 12.6. The Kier molecular flexibility index (Phi) is 8.76. The van der Waals surface area contributed by atoms with Crippen LogP contribution in [0.5, 0.6) is 0 Å². The molecule has 0 saturated carbocycles. The lowest BCUT2D eigenvalue weighted by molar-refractivity contribution is 0.669. The van der Waals surface area contributed by atoms with E-state index >= 15 is 0 Å². The number of anilines is 3. The van der Waals surface area contributed by atoms with Gasteiger partial charge in [0.25, 0.3) is 0 Å². The van der Waals surface area contributed by atoms with Crippen molar-refractivity contribution in [1.29, 1.82) is 0 Å². The van der Waals surface area contributed by atoms with Gasteiger partial charge < -0.3 is 9.32 Å². The number of benzene rings is 10. The van der Waals surface area contributed by atoms with E-state index in [4.69, 9.17) is 4.42 Å². The molecule has 1 aliphatic rings. The minimum atomic E-state index is -0.463. The molecule has 1 aromatic heterocycles. The lowest BCUT2D eigenvalue weighted by atomic mass is 9.67. The predicted molar refractivity (Wildman–Crippen MR) is 262 cm³/mol. The van der Waals surface area contributed by atoms with Gasteiger partial charge in [0.2, 0.25) is 0 Å². The van der Waals surface area contributed by atoms with Crippen molar-refractivity contribution >= 4 is 39.0 Å². The molecule has 10 aromatic carbocycles. The Bertz CT molecular complexity index is 3380. The van der Waals surface area contributed by atoms with Crippen LogP contribution in [-0.2, 0) is 5.41 Å². The van der Waals surface area contributed by atoms with Crippen LogP contribution in [-0.4, -0.2) is 0 Å². The summed E-state index contributed by atoms with van der Waals surface area (Å²) in [5, 5.41) is 2.20. The van der Waals surface area contributed by atoms with E-state index in [2.05, 4.69) is 248 Å². The van der Waals surface area contributed by atoms with Crippen molar-refractivity contribution in [1.82, 2.24) is 0 Å². The van der Waals surface area contributed by atoms with Crippen LogP contribution in [0.2, 0.25) is 0 Å². The van der Waals surface area contributed by atoms with Crippen LogP contribution in [0.1, 0.15) is 22.3 Å². The van der Waals surface area contributed by atoms with Gasteiger partial charge in [0.1, 0.15) is 5.58 Å². The monoisotopic (exact) mass is 803 g/mol. The zero-order chi connectivity index (χ0) is 41.7. The zero-order valence-corrected chi connectivity index (χ0v) is 34.5. The predicted octanol–water partition coefficient (Wildman–Crippen LogP) is 16.4. The molecule has 11 aromatic rings. The van der Waals surface area contributed by atoms with Crippen molar-refractivity contribution in [3.63, 3.8) is 0 Å². The summed E-state index contributed by atoms with van der Waals surface area (Å²) in [5.41, 5.74) is 19.0. The van der Waals surface area contributed by atoms with E-state index in [1.54, 1.807) is 0 Å². The van der Waals surface area contributed by atoms with E-state index < -0.39 is 5.41 Å². The molecular weight excluding hydrogens is 763 g/mol. The molecule has 63 heavy (non-hydrogen) atoms. The van der Waals surface area contributed by atoms with Gasteiger partial charge in [-0.2, -0.15) is 0 Å². The third-order valence-corrected chi connectivity index (χ3v) is 13.0. The van der Waals surface area contributed by atoms with Gasteiger partial charge in [-0.1, -0.05) is 212 Å². The number of hydrogen-bond donors (Lipinski definition) is 0. The average molecular weight is 804 g/mol. The van der Waals surface area contributed by atoms with Gasteiger partial charge in [0.15, 0.2) is 5.58 Å². The number of rotatable bonds is 8. The first-order valence-corrected chi connectivity index (χ1v) is 21.7. The van der Waals surface area contributed by atoms with Crippen molar-refractivity contribution in [3.05, 3.63) is 271 Å². The third kappa shape index (κ3) is 5.95. The molecule has 2 heteroatoms. The van der Waals surface area contributed by atoms with Crippen LogP contribution >= 0.6 is 0 Å². The SMILES string of the molecule is c1ccc(-c2ccc(-c3ccccc3N(c3ccc(-c4ccc5c(c4)C(c4ccccc4)(c4ccccc4)c4ccccc4-5)cc3)c3cccc4c3oc3ccccc34)cc2)cc1. The van der Waals surface area contributed by atoms with Crippen molar-refractivity contribution in [2.45, 2.75) is 5.41 Å². The number of nitrogens with zero attached hydrogens (tertiary/aromatic N) is 1. The highest BCUT2D eigenvalue weighted by Crippen LogP contribution is 2.57. The Morgan fingerprint density at radius 1 is 0.317 bits per heavy atom. The molecule has 0 fully saturated rings. The molecule has 0 aliphatic heterocycles. The second kappa shape index (κ2) is 15.1. The molecule has 296 valence electrons. The maximum atomic E-state index is 6.73. The van der Waals surface area contributed by atoms with Gasteiger partial charge >= 0.3 is 0 Å². The summed E-state index contributed by atoms with van der Waals surface area (Å²) in [7, 11) is 0. The molecular formula is C61H41NO. The molecule has 0 amide bonds. The molecule has 0 saturated heterocycles. The third-order valence-electron chi connectivity index (χ3n) is 13.0. The molecule has 1 heterocycles. The minimum absolute atomic E-state index is 0.463. The molecule has 2 nitrogen and oxygen atoms in total. The molecule has 0 N–H and O–H groups in total. The number of fused-ring (bicyclic) bond motifs is 6. The standard InChI is InChI=1S/C61H41NO/c1-4-17-42(18-5-1)43-31-33-45(34-32-43)50-23-11-14-28-57(50)62(58-29-16-26-54-53-25-12-15-30-59(53)63-60(54)58)49-38-35-44(36-39-49)46-37-40-52-51-24-10-13-27-55(51)61(56(52)41-46,47-19-6-2-7-20-47)48-21-8-3-9-22-48/h1-41H. The Labute approximate surface area is 367 Å². The average Bonchev–Trinajstić information content (AvgIpc) is 3.90. The smallest absolute Gasteiger partial charge is 0.159 e. The summed E-state index contributed by atoms with van der Waals surface area (Å²) >= 11 is 0. The van der Waals surface area contributed by atoms with E-state index in [-0.39, 0.29) is 0 Å². The quantitative estimate of drug-likeness (QED) is 0.152.